The first-order valence-corrected chi connectivity index (χ1v) is 8.31. The van der Waals surface area contributed by atoms with Gasteiger partial charge in [-0.15, -0.1) is 11.3 Å². The van der Waals surface area contributed by atoms with Crippen molar-refractivity contribution in [3.05, 3.63) is 51.7 Å². The molecule has 0 fully saturated rings. The minimum Gasteiger partial charge on any atom is -0.341 e. The first-order valence-electron chi connectivity index (χ1n) is 7.43. The van der Waals surface area contributed by atoms with E-state index in [-0.39, 0.29) is 5.91 Å². The van der Waals surface area contributed by atoms with Crippen LogP contribution in [0.3, 0.4) is 0 Å². The topological polar surface area (TPSA) is 59.0 Å². The average molecular weight is 326 g/mol. The zero-order valence-corrected chi connectivity index (χ0v) is 14.2. The van der Waals surface area contributed by atoms with Crippen molar-refractivity contribution in [1.29, 1.82) is 0 Å². The maximum Gasteiger partial charge on any atom is 0.253 e. The summed E-state index contributed by atoms with van der Waals surface area (Å²) in [5.41, 5.74) is 4.01. The van der Waals surface area contributed by atoms with E-state index in [1.807, 2.05) is 44.5 Å². The molecule has 0 radical (unpaired) electrons. The van der Waals surface area contributed by atoms with Gasteiger partial charge < -0.3 is 4.90 Å². The highest BCUT2D eigenvalue weighted by molar-refractivity contribution is 7.09. The number of likely N-dealkylation sites (N-methyl/N-ethyl adjacent to an activating group) is 1. The van der Waals surface area contributed by atoms with Crippen LogP contribution in [0.5, 0.6) is 0 Å². The summed E-state index contributed by atoms with van der Waals surface area (Å²) in [4.78, 5) is 27.5. The SMILES string of the molecule is Cc1nc2ccc(C(=O)N(C)CCc3nccs3)cc2nc1C. The lowest BCUT2D eigenvalue weighted by molar-refractivity contribution is 0.0797. The van der Waals surface area contributed by atoms with Gasteiger partial charge in [-0.1, -0.05) is 0 Å². The van der Waals surface area contributed by atoms with E-state index in [1.54, 1.807) is 22.4 Å². The molecular weight excluding hydrogens is 308 g/mol. The van der Waals surface area contributed by atoms with Gasteiger partial charge in [0.1, 0.15) is 0 Å². The van der Waals surface area contributed by atoms with E-state index in [0.29, 0.717) is 12.1 Å². The number of thiazole rings is 1. The fourth-order valence-electron chi connectivity index (χ4n) is 2.33. The first kappa shape index (κ1) is 15.6. The Morgan fingerprint density at radius 2 is 1.91 bits per heavy atom. The lowest BCUT2D eigenvalue weighted by Crippen LogP contribution is -2.28. The van der Waals surface area contributed by atoms with Gasteiger partial charge in [0.15, 0.2) is 0 Å². The van der Waals surface area contributed by atoms with Crippen molar-refractivity contribution in [2.24, 2.45) is 0 Å². The molecule has 0 aliphatic rings. The summed E-state index contributed by atoms with van der Waals surface area (Å²) in [5, 5.41) is 2.99. The molecule has 2 heterocycles. The van der Waals surface area contributed by atoms with Gasteiger partial charge in [0.2, 0.25) is 0 Å². The molecule has 23 heavy (non-hydrogen) atoms. The Morgan fingerprint density at radius 3 is 2.61 bits per heavy atom. The van der Waals surface area contributed by atoms with Crippen LogP contribution in [-0.4, -0.2) is 39.4 Å². The molecule has 0 aliphatic carbocycles. The molecule has 2 aromatic heterocycles. The van der Waals surface area contributed by atoms with E-state index in [9.17, 15) is 4.79 Å². The van der Waals surface area contributed by atoms with Crippen LogP contribution in [-0.2, 0) is 6.42 Å². The summed E-state index contributed by atoms with van der Waals surface area (Å²) in [6.45, 7) is 4.51. The molecule has 0 spiro atoms. The maximum absolute atomic E-state index is 12.6. The molecule has 0 saturated carbocycles. The largest absolute Gasteiger partial charge is 0.341 e. The quantitative estimate of drug-likeness (QED) is 0.739. The zero-order valence-electron chi connectivity index (χ0n) is 13.4. The molecule has 1 aromatic carbocycles. The molecule has 0 aliphatic heterocycles. The number of carbonyl (C=O) groups is 1. The predicted octanol–water partition coefficient (Wildman–Crippen LogP) is 3.02. The fourth-order valence-corrected chi connectivity index (χ4v) is 2.94. The molecule has 0 bridgehead atoms. The van der Waals surface area contributed by atoms with Gasteiger partial charge in [0.25, 0.3) is 5.91 Å². The second-order valence-corrected chi connectivity index (χ2v) is 6.48. The van der Waals surface area contributed by atoms with Crippen molar-refractivity contribution in [2.75, 3.05) is 13.6 Å². The van der Waals surface area contributed by atoms with Crippen molar-refractivity contribution in [3.63, 3.8) is 0 Å². The molecule has 6 heteroatoms. The van der Waals surface area contributed by atoms with Crippen molar-refractivity contribution >= 4 is 28.3 Å². The molecule has 0 atom stereocenters. The van der Waals surface area contributed by atoms with Crippen molar-refractivity contribution in [3.8, 4) is 0 Å². The van der Waals surface area contributed by atoms with Crippen molar-refractivity contribution < 1.29 is 4.79 Å². The minimum atomic E-state index is -0.0107. The molecular formula is C17H18N4OS. The third-order valence-electron chi connectivity index (χ3n) is 3.81. The summed E-state index contributed by atoms with van der Waals surface area (Å²) in [5.74, 6) is -0.0107. The number of hydrogen-bond donors (Lipinski definition) is 0. The number of carbonyl (C=O) groups excluding carboxylic acids is 1. The Labute approximate surface area is 139 Å². The Bertz CT molecular complexity index is 845. The number of aromatic nitrogens is 3. The highest BCUT2D eigenvalue weighted by Crippen LogP contribution is 2.16. The van der Waals surface area contributed by atoms with Crippen molar-refractivity contribution in [2.45, 2.75) is 20.3 Å². The van der Waals surface area contributed by atoms with Gasteiger partial charge in [-0.3, -0.25) is 4.79 Å². The monoisotopic (exact) mass is 326 g/mol. The number of rotatable bonds is 4. The Balaban J connectivity index is 1.78. The van der Waals surface area contributed by atoms with Gasteiger partial charge >= 0.3 is 0 Å². The lowest BCUT2D eigenvalue weighted by Gasteiger charge is -2.16. The summed E-state index contributed by atoms with van der Waals surface area (Å²) in [7, 11) is 1.81. The van der Waals surface area contributed by atoms with Crippen LogP contribution in [0.15, 0.2) is 29.8 Å². The number of nitrogens with zero attached hydrogens (tertiary/aromatic N) is 4. The van der Waals surface area contributed by atoms with Gasteiger partial charge in [0, 0.05) is 37.2 Å². The predicted molar refractivity (Wildman–Crippen MR) is 91.8 cm³/mol. The van der Waals surface area contributed by atoms with Gasteiger partial charge in [0.05, 0.1) is 27.4 Å². The minimum absolute atomic E-state index is 0.0107. The second-order valence-electron chi connectivity index (χ2n) is 5.50. The van der Waals surface area contributed by atoms with Crippen LogP contribution in [0.4, 0.5) is 0 Å². The van der Waals surface area contributed by atoms with Crippen molar-refractivity contribution in [1.82, 2.24) is 19.9 Å². The number of fused-ring (bicyclic) bond motifs is 1. The lowest BCUT2D eigenvalue weighted by atomic mass is 10.1. The summed E-state index contributed by atoms with van der Waals surface area (Å²) < 4.78 is 0. The van der Waals surface area contributed by atoms with Crippen LogP contribution in [0, 0.1) is 13.8 Å². The van der Waals surface area contributed by atoms with E-state index in [0.717, 1.165) is 33.8 Å². The maximum atomic E-state index is 12.6. The smallest absolute Gasteiger partial charge is 0.253 e. The average Bonchev–Trinajstić information content (AvgIpc) is 3.06. The molecule has 3 rings (SSSR count). The highest BCUT2D eigenvalue weighted by atomic mass is 32.1. The van der Waals surface area contributed by atoms with E-state index < -0.39 is 0 Å². The summed E-state index contributed by atoms with van der Waals surface area (Å²) in [6, 6.07) is 5.49. The first-order chi connectivity index (χ1) is 11.0. The van der Waals surface area contributed by atoms with Gasteiger partial charge in [-0.05, 0) is 32.0 Å². The Kier molecular flexibility index (Phi) is 4.34. The number of amides is 1. The number of benzene rings is 1. The van der Waals surface area contributed by atoms with Crippen LogP contribution < -0.4 is 0 Å². The van der Waals surface area contributed by atoms with Crippen LogP contribution in [0.1, 0.15) is 26.8 Å². The third kappa shape index (κ3) is 3.37. The summed E-state index contributed by atoms with van der Waals surface area (Å²) >= 11 is 1.61. The molecule has 1 amide bonds. The van der Waals surface area contributed by atoms with Crippen LogP contribution in [0.25, 0.3) is 11.0 Å². The molecule has 5 nitrogen and oxygen atoms in total. The normalized spacial score (nSPS) is 10.9. The molecule has 118 valence electrons. The molecule has 0 N–H and O–H groups in total. The van der Waals surface area contributed by atoms with Gasteiger partial charge in [-0.25, -0.2) is 15.0 Å². The fraction of sp³-hybridized carbons (Fsp3) is 0.294. The molecule has 3 aromatic rings. The van der Waals surface area contributed by atoms with E-state index in [4.69, 9.17) is 0 Å². The number of aryl methyl sites for hydroxylation is 2. The standard InChI is InChI=1S/C17H18N4OS/c1-11-12(2)20-15-10-13(4-5-14(15)19-11)17(22)21(3)8-6-16-18-7-9-23-16/h4-5,7,9-10H,6,8H2,1-3H3. The second kappa shape index (κ2) is 6.42. The summed E-state index contributed by atoms with van der Waals surface area (Å²) in [6.07, 6.45) is 2.56. The van der Waals surface area contributed by atoms with Gasteiger partial charge in [-0.2, -0.15) is 0 Å². The highest BCUT2D eigenvalue weighted by Gasteiger charge is 2.13. The third-order valence-corrected chi connectivity index (χ3v) is 4.65. The van der Waals surface area contributed by atoms with Crippen LogP contribution >= 0.6 is 11.3 Å². The van der Waals surface area contributed by atoms with E-state index in [1.165, 1.54) is 0 Å². The van der Waals surface area contributed by atoms with E-state index in [2.05, 4.69) is 15.0 Å². The van der Waals surface area contributed by atoms with E-state index >= 15 is 0 Å². The Morgan fingerprint density at radius 1 is 1.17 bits per heavy atom. The Hall–Kier alpha value is -2.34. The zero-order chi connectivity index (χ0) is 16.4. The molecule has 0 unspecified atom stereocenters. The van der Waals surface area contributed by atoms with Crippen LogP contribution in [0.2, 0.25) is 0 Å². The molecule has 0 saturated heterocycles. The number of hydrogen-bond acceptors (Lipinski definition) is 5.